The number of hydrogen-bond donors (Lipinski definition) is 22. The maximum absolute atomic E-state index is 14.5. The van der Waals surface area contributed by atoms with Gasteiger partial charge in [0.1, 0.15) is 54.4 Å². The highest BCUT2D eigenvalue weighted by molar-refractivity contribution is 5.98. The van der Waals surface area contributed by atoms with Crippen molar-refractivity contribution in [3.05, 3.63) is 0 Å². The van der Waals surface area contributed by atoms with Gasteiger partial charge in [0.2, 0.25) is 59.1 Å². The molecule has 32 N–H and O–H groups in total. The highest BCUT2D eigenvalue weighted by Crippen LogP contribution is 2.12. The Bertz CT molecular complexity index is 2280. The first kappa shape index (κ1) is 77.7. The third kappa shape index (κ3) is 35.1. The highest BCUT2D eigenvalue weighted by Gasteiger charge is 2.35. The normalized spacial score (nSPS) is 14.4. The molecule has 0 bridgehead atoms. The van der Waals surface area contributed by atoms with E-state index in [1.54, 1.807) is 13.8 Å². The lowest BCUT2D eigenvalue weighted by molar-refractivity contribution is -0.136. The van der Waals surface area contributed by atoms with Crippen molar-refractivity contribution >= 4 is 82.9 Å². The number of carbonyl (C=O) groups excluding carboxylic acids is 10. The maximum atomic E-state index is 14.5. The number of unbranched alkanes of at least 4 members (excludes halogenated alkanes) is 2. The molecule has 0 aromatic rings. The summed E-state index contributed by atoms with van der Waals surface area (Å²) in [7, 11) is 0. The number of rotatable bonds is 45. The van der Waals surface area contributed by atoms with Crippen LogP contribution in [0, 0.1) is 11.3 Å². The fourth-order valence-corrected chi connectivity index (χ4v) is 8.31. The Labute approximate surface area is 502 Å². The summed E-state index contributed by atoms with van der Waals surface area (Å²) in [4.78, 5) is 148. The van der Waals surface area contributed by atoms with E-state index in [2.05, 4.69) is 68.1 Å². The fraction of sp³-hybridized carbons (Fsp3) is 0.725. The van der Waals surface area contributed by atoms with E-state index in [4.69, 9.17) is 62.7 Å². The van der Waals surface area contributed by atoms with Crippen LogP contribution in [0.5, 0.6) is 0 Å². The Morgan fingerprint density at radius 1 is 0.419 bits per heavy atom. The number of hydrogen-bond acceptors (Lipinski definition) is 17. The first-order valence-corrected chi connectivity index (χ1v) is 28.8. The zero-order valence-corrected chi connectivity index (χ0v) is 50.3. The van der Waals surface area contributed by atoms with Crippen LogP contribution in [-0.2, 0) is 47.9 Å². The molecule has 0 fully saturated rings. The Morgan fingerprint density at radius 3 is 1.05 bits per heavy atom. The summed E-state index contributed by atoms with van der Waals surface area (Å²) in [5.41, 5.74) is 55.3. The molecule has 10 atom stereocenters. The summed E-state index contributed by atoms with van der Waals surface area (Å²) < 4.78 is 0. The smallest absolute Gasteiger partial charge is 0.243 e. The molecule has 490 valence electrons. The number of primary amides is 1. The van der Waals surface area contributed by atoms with Crippen molar-refractivity contribution in [1.29, 1.82) is 5.41 Å². The Kier molecular flexibility index (Phi) is 39.1. The van der Waals surface area contributed by atoms with Gasteiger partial charge in [-0.15, -0.1) is 0 Å². The number of amides is 10. The number of aliphatic hydroxyl groups is 1. The van der Waals surface area contributed by atoms with Crippen LogP contribution in [0.2, 0.25) is 0 Å². The zero-order valence-electron chi connectivity index (χ0n) is 50.3. The summed E-state index contributed by atoms with van der Waals surface area (Å²) in [5, 5.41) is 43.8. The topological polar surface area (TPSA) is 632 Å². The number of carbonyl (C=O) groups is 10. The van der Waals surface area contributed by atoms with Crippen molar-refractivity contribution in [3.63, 3.8) is 0 Å². The van der Waals surface area contributed by atoms with Crippen LogP contribution in [0.4, 0.5) is 0 Å². The molecule has 35 nitrogen and oxygen atoms in total. The molecule has 0 aliphatic rings. The summed E-state index contributed by atoms with van der Waals surface area (Å²) in [6, 6.07) is -12.0. The molecule has 0 aromatic carbocycles. The molecule has 35 heteroatoms. The first-order chi connectivity index (χ1) is 40.4. The summed E-state index contributed by atoms with van der Waals surface area (Å²) in [6.07, 6.45) is 0.528. The fourth-order valence-electron chi connectivity index (χ4n) is 8.31. The van der Waals surface area contributed by atoms with E-state index in [0.717, 1.165) is 0 Å². The van der Waals surface area contributed by atoms with Gasteiger partial charge in [-0.1, -0.05) is 13.8 Å². The summed E-state index contributed by atoms with van der Waals surface area (Å²) in [5.74, 6) is -9.41. The van der Waals surface area contributed by atoms with E-state index in [9.17, 15) is 53.1 Å². The van der Waals surface area contributed by atoms with Gasteiger partial charge < -0.3 is 116 Å². The van der Waals surface area contributed by atoms with Crippen molar-refractivity contribution in [3.8, 4) is 0 Å². The largest absolute Gasteiger partial charge is 0.391 e. The number of nitrogens with one attached hydrogen (secondary N) is 11. The maximum Gasteiger partial charge on any atom is 0.243 e. The number of nitrogens with two attached hydrogens (primary N) is 10. The number of nitrogens with zero attached hydrogens (tertiary/aromatic N) is 3. The molecular formula is C51H100N24O11. The van der Waals surface area contributed by atoms with Gasteiger partial charge in [-0.05, 0) is 129 Å². The SMILES string of the molecule is CC(=O)N[C@@H](CCCN=C(N)N)C(=O)N[C@@H](C)C(=O)N[C@@H](CC(C)C)C(=O)N[C@@H](CCCN=C(N)N)C(=O)N[C@@H](CCCNC(=N)N)C(=O)N[C@@H](CCCCN)C(=O)N[C@@H](CCCCN)C(=O)N[C@@H](CCCN=C(N)N)C(=O)N[C@H](C(N)=O)[C@@H](C)O. The lowest BCUT2D eigenvalue weighted by Gasteiger charge is -2.28. The van der Waals surface area contributed by atoms with Crippen LogP contribution in [-0.4, -0.2) is 188 Å². The molecule has 0 aromatic heterocycles. The van der Waals surface area contributed by atoms with E-state index in [1.165, 1.54) is 20.8 Å². The molecule has 0 radical (unpaired) electrons. The van der Waals surface area contributed by atoms with Crippen molar-refractivity contribution in [2.24, 2.45) is 78.2 Å². The molecule has 10 amide bonds. The monoisotopic (exact) mass is 1220 g/mol. The molecule has 0 aliphatic heterocycles. The van der Waals surface area contributed by atoms with Crippen LogP contribution >= 0.6 is 0 Å². The van der Waals surface area contributed by atoms with Crippen LogP contribution in [0.15, 0.2) is 15.0 Å². The molecule has 0 rings (SSSR count). The predicted octanol–water partition coefficient (Wildman–Crippen LogP) is -8.02. The Morgan fingerprint density at radius 2 is 0.733 bits per heavy atom. The van der Waals surface area contributed by atoms with Gasteiger partial charge in [0, 0.05) is 33.1 Å². The molecule has 0 spiro atoms. The summed E-state index contributed by atoms with van der Waals surface area (Å²) in [6.45, 7) is 8.10. The lowest BCUT2D eigenvalue weighted by atomic mass is 10.0. The molecule has 0 saturated heterocycles. The lowest BCUT2D eigenvalue weighted by Crippen LogP contribution is -2.60. The van der Waals surface area contributed by atoms with Gasteiger partial charge >= 0.3 is 0 Å². The van der Waals surface area contributed by atoms with E-state index >= 15 is 0 Å². The van der Waals surface area contributed by atoms with Gasteiger partial charge in [-0.2, -0.15) is 0 Å². The van der Waals surface area contributed by atoms with Crippen molar-refractivity contribution in [2.45, 2.75) is 191 Å². The summed E-state index contributed by atoms with van der Waals surface area (Å²) >= 11 is 0. The van der Waals surface area contributed by atoms with Gasteiger partial charge in [-0.3, -0.25) is 68.3 Å². The van der Waals surface area contributed by atoms with Crippen LogP contribution < -0.4 is 111 Å². The van der Waals surface area contributed by atoms with E-state index in [1.807, 2.05) is 0 Å². The molecule has 0 aliphatic carbocycles. The second-order valence-corrected chi connectivity index (χ2v) is 21.0. The average molecular weight is 1230 g/mol. The van der Waals surface area contributed by atoms with Gasteiger partial charge in [0.15, 0.2) is 23.8 Å². The van der Waals surface area contributed by atoms with Crippen molar-refractivity contribution < 1.29 is 53.1 Å². The Hall–Kier alpha value is -8.34. The first-order valence-electron chi connectivity index (χ1n) is 28.8. The number of guanidine groups is 4. The standard InChI is InChI=1S/C51H100N24O11/c1-27(2)26-37(74-40(79)28(3)67-41(80)31(68-30(5)77)16-10-22-63-48(55)56)47(86)73-35(18-12-24-65-50(59)60)45(84)71-34(17-11-23-64-49(57)58)44(83)70-32(14-6-8-20-52)42(81)69-33(15-7-9-21-53)43(82)72-36(19-13-25-66-51(61)62)46(85)75-38(29(4)76)39(54)78/h27-29,31-38,76H,6-26,52-53H2,1-5H3,(H2,54,78)(H,67,80)(H,68,77)(H,69,81)(H,70,83)(H,71,84)(H,72,82)(H,73,86)(H,74,79)(H,75,85)(H4,55,56,63)(H4,57,58,64)(H4,59,60,65)(H4,61,62,66)/t28-,29+,31-,32-,33-,34-,35-,36-,37-,38-/m0/s1. The molecule has 0 saturated carbocycles. The minimum Gasteiger partial charge on any atom is -0.391 e. The van der Waals surface area contributed by atoms with Crippen LogP contribution in [0.1, 0.15) is 131 Å². The zero-order chi connectivity index (χ0) is 65.5. The van der Waals surface area contributed by atoms with Crippen LogP contribution in [0.3, 0.4) is 0 Å². The minimum absolute atomic E-state index is 0.00239. The second kappa shape index (κ2) is 43.3. The molecular weight excluding hydrogens is 1120 g/mol. The van der Waals surface area contributed by atoms with Crippen molar-refractivity contribution in [2.75, 3.05) is 39.3 Å². The third-order valence-corrected chi connectivity index (χ3v) is 12.8. The highest BCUT2D eigenvalue weighted by atomic mass is 16.3. The third-order valence-electron chi connectivity index (χ3n) is 12.8. The predicted molar refractivity (Wildman–Crippen MR) is 324 cm³/mol. The molecule has 0 heterocycles. The second-order valence-electron chi connectivity index (χ2n) is 21.0. The molecule has 0 unspecified atom stereocenters. The van der Waals surface area contributed by atoms with Gasteiger partial charge in [-0.25, -0.2) is 0 Å². The minimum atomic E-state index is -1.53. The van der Waals surface area contributed by atoms with E-state index < -0.39 is 120 Å². The number of aliphatic hydroxyl groups excluding tert-OH is 1. The van der Waals surface area contributed by atoms with E-state index in [-0.39, 0.29) is 133 Å². The number of aliphatic imine (C=N–C) groups is 3. The van der Waals surface area contributed by atoms with Crippen LogP contribution in [0.25, 0.3) is 0 Å². The van der Waals surface area contributed by atoms with Gasteiger partial charge in [0.05, 0.1) is 6.10 Å². The molecule has 86 heavy (non-hydrogen) atoms. The quantitative estimate of drug-likeness (QED) is 0.0153. The van der Waals surface area contributed by atoms with E-state index in [0.29, 0.717) is 32.1 Å². The Balaban J connectivity index is 7.13. The average Bonchev–Trinajstić information content (AvgIpc) is 2.87. The van der Waals surface area contributed by atoms with Crippen molar-refractivity contribution in [1.82, 2.24) is 53.2 Å². The van der Waals surface area contributed by atoms with Gasteiger partial charge in [0.25, 0.3) is 0 Å².